The van der Waals surface area contributed by atoms with Crippen molar-refractivity contribution < 1.29 is 14.3 Å². The number of anilines is 1. The summed E-state index contributed by atoms with van der Waals surface area (Å²) >= 11 is 0. The molecule has 246 valence electrons. The number of aryl methyl sites for hydroxylation is 1. The number of cyclic esters (lactones) is 1. The van der Waals surface area contributed by atoms with Crippen LogP contribution < -0.4 is 9.64 Å². The highest BCUT2D eigenvalue weighted by atomic mass is 16.6. The van der Waals surface area contributed by atoms with E-state index in [-0.39, 0.29) is 5.69 Å². The number of carbonyl (C=O) groups excluding carboxylic acids is 1. The second-order valence-electron chi connectivity index (χ2n) is 12.4. The molecule has 0 radical (unpaired) electrons. The van der Waals surface area contributed by atoms with Crippen LogP contribution in [-0.2, 0) is 16.9 Å². The Morgan fingerprint density at radius 2 is 1.52 bits per heavy atom. The van der Waals surface area contributed by atoms with E-state index < -0.39 is 11.6 Å². The molecule has 0 bridgehead atoms. The average Bonchev–Trinajstić information content (AvgIpc) is 3.53. The molecule has 7 nitrogen and oxygen atoms in total. The van der Waals surface area contributed by atoms with Crippen LogP contribution in [0.4, 0.5) is 5.69 Å². The second-order valence-corrected chi connectivity index (χ2v) is 12.4. The highest BCUT2D eigenvalue weighted by Gasteiger charge is 2.54. The molecule has 1 aliphatic rings. The summed E-state index contributed by atoms with van der Waals surface area (Å²) < 4.78 is 15.3. The summed E-state index contributed by atoms with van der Waals surface area (Å²) in [5.41, 5.74) is 4.43. The summed E-state index contributed by atoms with van der Waals surface area (Å²) in [6.07, 6.45) is 16.2. The third-order valence-electron chi connectivity index (χ3n) is 9.56. The molecule has 4 aromatic rings. The van der Waals surface area contributed by atoms with Crippen molar-refractivity contribution >= 4 is 22.6 Å². The second kappa shape index (κ2) is 15.6. The van der Waals surface area contributed by atoms with E-state index in [1.54, 1.807) is 12.4 Å². The maximum atomic E-state index is 13.6. The molecule has 0 aliphatic carbocycles. The molecule has 5 rings (SSSR count). The number of carbonyl (C=O) groups is 1. The van der Waals surface area contributed by atoms with Crippen LogP contribution in [0.3, 0.4) is 0 Å². The Kier molecular flexibility index (Phi) is 11.4. The molecular weight excluding hydrogens is 572 g/mol. The predicted molar refractivity (Wildman–Crippen MR) is 187 cm³/mol. The largest absolute Gasteiger partial charge is 0.493 e. The van der Waals surface area contributed by atoms with Gasteiger partial charge in [-0.1, -0.05) is 82.9 Å². The number of unbranched alkanes of at least 4 members (excludes halogenated alkanes) is 9. The van der Waals surface area contributed by atoms with Crippen molar-refractivity contribution in [3.05, 3.63) is 83.1 Å². The minimum atomic E-state index is -1.31. The van der Waals surface area contributed by atoms with Crippen LogP contribution in [0.2, 0.25) is 0 Å². The van der Waals surface area contributed by atoms with Crippen LogP contribution >= 0.6 is 0 Å². The number of para-hydroxylation sites is 1. The fraction of sp³-hybridized carbons (Fsp3) is 0.513. The predicted octanol–water partition coefficient (Wildman–Crippen LogP) is 9.37. The van der Waals surface area contributed by atoms with Crippen molar-refractivity contribution in [2.45, 2.75) is 111 Å². The molecule has 0 saturated carbocycles. The van der Waals surface area contributed by atoms with Crippen LogP contribution in [0.1, 0.15) is 125 Å². The summed E-state index contributed by atoms with van der Waals surface area (Å²) in [7, 11) is 0. The van der Waals surface area contributed by atoms with Gasteiger partial charge in [-0.2, -0.15) is 0 Å². The number of nitrogens with zero attached hydrogens (tertiary/aromatic N) is 4. The molecule has 0 spiro atoms. The first-order valence-electron chi connectivity index (χ1n) is 17.7. The number of benzene rings is 2. The molecule has 3 heterocycles. The van der Waals surface area contributed by atoms with Gasteiger partial charge in [-0.05, 0) is 52.3 Å². The Labute approximate surface area is 275 Å². The SMILES string of the molecule is CCCCCCCCCCCCn1c(C)c(C2(c3ccc(N(CC)CC)cc3OCC)OC(=O)c3nccnc32)c2ccccc21. The van der Waals surface area contributed by atoms with Gasteiger partial charge in [0.25, 0.3) is 0 Å². The van der Waals surface area contributed by atoms with E-state index in [0.29, 0.717) is 18.1 Å². The van der Waals surface area contributed by atoms with Crippen molar-refractivity contribution in [3.63, 3.8) is 0 Å². The van der Waals surface area contributed by atoms with Gasteiger partial charge in [-0.15, -0.1) is 0 Å². The van der Waals surface area contributed by atoms with Crippen molar-refractivity contribution in [1.82, 2.24) is 14.5 Å². The molecule has 0 N–H and O–H groups in total. The van der Waals surface area contributed by atoms with E-state index in [1.165, 1.54) is 57.8 Å². The molecule has 1 unspecified atom stereocenters. The standard InChI is InChI=1S/C39H52N4O3/c1-6-10-11-12-13-14-15-16-17-20-27-43-29(5)35(31-21-18-19-22-33(31)43)39(37-36(38(44)46-39)40-25-26-41-37)32-24-23-30(42(7-2)8-3)28-34(32)45-9-4/h18-19,21-26,28H,6-17,20,27H2,1-5H3. The Hall–Kier alpha value is -3.87. The van der Waals surface area contributed by atoms with Crippen LogP contribution in [0, 0.1) is 6.92 Å². The van der Waals surface area contributed by atoms with E-state index in [4.69, 9.17) is 14.5 Å². The van der Waals surface area contributed by atoms with Gasteiger partial charge < -0.3 is 18.9 Å². The summed E-state index contributed by atoms with van der Waals surface area (Å²) in [4.78, 5) is 25.2. The molecule has 0 saturated heterocycles. The fourth-order valence-electron chi connectivity index (χ4n) is 7.25. The summed E-state index contributed by atoms with van der Waals surface area (Å²) in [5, 5.41) is 1.05. The van der Waals surface area contributed by atoms with Gasteiger partial charge in [0, 0.05) is 71.5 Å². The monoisotopic (exact) mass is 624 g/mol. The smallest absolute Gasteiger partial charge is 0.360 e. The number of esters is 1. The van der Waals surface area contributed by atoms with Crippen LogP contribution in [0.25, 0.3) is 10.9 Å². The molecule has 1 aliphatic heterocycles. The van der Waals surface area contributed by atoms with Crippen molar-refractivity contribution in [1.29, 1.82) is 0 Å². The minimum Gasteiger partial charge on any atom is -0.493 e. The third kappa shape index (κ3) is 6.51. The number of aromatic nitrogens is 3. The van der Waals surface area contributed by atoms with Crippen molar-refractivity contribution in [2.24, 2.45) is 0 Å². The van der Waals surface area contributed by atoms with Gasteiger partial charge in [0.05, 0.1) is 6.61 Å². The number of ether oxygens (including phenoxy) is 2. The highest BCUT2D eigenvalue weighted by molar-refractivity contribution is 5.97. The van der Waals surface area contributed by atoms with Gasteiger partial charge in [0.15, 0.2) is 5.69 Å². The Balaban J connectivity index is 1.55. The molecule has 7 heteroatoms. The lowest BCUT2D eigenvalue weighted by atomic mass is 9.81. The summed E-state index contributed by atoms with van der Waals surface area (Å²) in [6.45, 7) is 13.8. The maximum absolute atomic E-state index is 13.6. The maximum Gasteiger partial charge on any atom is 0.360 e. The van der Waals surface area contributed by atoms with Crippen molar-refractivity contribution in [3.8, 4) is 5.75 Å². The van der Waals surface area contributed by atoms with Crippen molar-refractivity contribution in [2.75, 3.05) is 24.6 Å². The fourth-order valence-corrected chi connectivity index (χ4v) is 7.25. The topological polar surface area (TPSA) is 69.5 Å². The zero-order chi connectivity index (χ0) is 32.5. The number of fused-ring (bicyclic) bond motifs is 2. The molecule has 1 atom stereocenters. The normalized spacial score (nSPS) is 15.7. The molecule has 46 heavy (non-hydrogen) atoms. The van der Waals surface area contributed by atoms with Gasteiger partial charge in [0.1, 0.15) is 11.4 Å². The molecule has 2 aromatic carbocycles. The third-order valence-corrected chi connectivity index (χ3v) is 9.56. The zero-order valence-electron chi connectivity index (χ0n) is 28.6. The van der Waals surface area contributed by atoms with E-state index in [0.717, 1.165) is 59.5 Å². The summed E-state index contributed by atoms with van der Waals surface area (Å²) in [5.74, 6) is 0.216. The average molecular weight is 625 g/mol. The first-order chi connectivity index (χ1) is 22.5. The van der Waals surface area contributed by atoms with Crippen LogP contribution in [0.15, 0.2) is 54.9 Å². The molecular formula is C39H52N4O3. The van der Waals surface area contributed by atoms with Crippen LogP contribution in [0.5, 0.6) is 5.75 Å². The first kappa shape index (κ1) is 33.5. The van der Waals surface area contributed by atoms with E-state index in [1.807, 2.05) is 6.92 Å². The van der Waals surface area contributed by atoms with E-state index >= 15 is 0 Å². The number of rotatable bonds is 18. The lowest BCUT2D eigenvalue weighted by molar-refractivity contribution is 0.0235. The van der Waals surface area contributed by atoms with Gasteiger partial charge in [0.2, 0.25) is 5.60 Å². The van der Waals surface area contributed by atoms with Crippen LogP contribution in [-0.4, -0.2) is 40.2 Å². The summed E-state index contributed by atoms with van der Waals surface area (Å²) in [6, 6.07) is 14.7. The number of hydrogen-bond donors (Lipinski definition) is 0. The molecule has 0 fully saturated rings. The van der Waals surface area contributed by atoms with Gasteiger partial charge in [-0.3, -0.25) is 4.98 Å². The lowest BCUT2D eigenvalue weighted by Crippen LogP contribution is -2.32. The number of hydrogen-bond acceptors (Lipinski definition) is 6. The van der Waals surface area contributed by atoms with E-state index in [2.05, 4.69) is 84.6 Å². The quantitative estimate of drug-likeness (QED) is 0.0812. The van der Waals surface area contributed by atoms with Gasteiger partial charge >= 0.3 is 5.97 Å². The van der Waals surface area contributed by atoms with E-state index in [9.17, 15) is 4.79 Å². The zero-order valence-corrected chi connectivity index (χ0v) is 28.6. The highest BCUT2D eigenvalue weighted by Crippen LogP contribution is 2.52. The Morgan fingerprint density at radius 1 is 0.848 bits per heavy atom. The van der Waals surface area contributed by atoms with Gasteiger partial charge in [-0.25, -0.2) is 9.78 Å². The Morgan fingerprint density at radius 3 is 2.22 bits per heavy atom. The Bertz CT molecular complexity index is 1610. The molecule has 0 amide bonds. The lowest BCUT2D eigenvalue weighted by Gasteiger charge is -2.32. The minimum absolute atomic E-state index is 0.253. The first-order valence-corrected chi connectivity index (χ1v) is 17.7. The molecule has 2 aromatic heterocycles.